The van der Waals surface area contributed by atoms with E-state index in [1.165, 1.54) is 11.3 Å². The van der Waals surface area contributed by atoms with Crippen molar-refractivity contribution in [2.75, 3.05) is 12.3 Å². The summed E-state index contributed by atoms with van der Waals surface area (Å²) in [6.45, 7) is 0.409. The predicted molar refractivity (Wildman–Crippen MR) is 122 cm³/mol. The molecular weight excluding hydrogens is 432 g/mol. The van der Waals surface area contributed by atoms with Gasteiger partial charge in [-0.2, -0.15) is 4.72 Å². The number of nitrogens with two attached hydrogens (primary N) is 1. The molecule has 158 valence electrons. The van der Waals surface area contributed by atoms with Crippen molar-refractivity contribution in [3.8, 4) is 0 Å². The smallest absolute Gasteiger partial charge is 0.251 e. The molecule has 0 spiro atoms. The standard InChI is InChI=1S/C22H20N4O3S2/c23-19-8-7-15-6-5-14(11-17(15)25-19)13-22(9-10-24-21(22)27)26-31(28,29)20-12-16-3-1-2-4-18(16)30-20/h1-8,11-12,26H,9-10,13H2,(H2,23,25)(H,24,27)/t22-/m1/s1. The molecule has 5 rings (SSSR count). The number of thiophene rings is 1. The van der Waals surface area contributed by atoms with Crippen LogP contribution < -0.4 is 15.8 Å². The molecule has 1 aliphatic rings. The number of sulfonamides is 1. The number of amides is 1. The van der Waals surface area contributed by atoms with Gasteiger partial charge in [0.2, 0.25) is 5.91 Å². The lowest BCUT2D eigenvalue weighted by molar-refractivity contribution is -0.124. The summed E-state index contributed by atoms with van der Waals surface area (Å²) in [5, 5.41) is 4.56. The van der Waals surface area contributed by atoms with Crippen LogP contribution in [0.15, 0.2) is 64.9 Å². The first-order valence-electron chi connectivity index (χ1n) is 9.81. The van der Waals surface area contributed by atoms with Crippen LogP contribution in [0.4, 0.5) is 5.82 Å². The van der Waals surface area contributed by atoms with Gasteiger partial charge in [0.1, 0.15) is 15.6 Å². The lowest BCUT2D eigenvalue weighted by Gasteiger charge is -2.27. The number of anilines is 1. The summed E-state index contributed by atoms with van der Waals surface area (Å²) in [6, 6.07) is 18.4. The first-order valence-corrected chi connectivity index (χ1v) is 12.1. The molecule has 1 aliphatic heterocycles. The third kappa shape index (κ3) is 3.65. The second-order valence-electron chi connectivity index (χ2n) is 7.74. The molecule has 0 aliphatic carbocycles. The van der Waals surface area contributed by atoms with E-state index in [-0.39, 0.29) is 16.5 Å². The van der Waals surface area contributed by atoms with Gasteiger partial charge in [-0.05, 0) is 47.7 Å². The van der Waals surface area contributed by atoms with Crippen LogP contribution >= 0.6 is 11.3 Å². The zero-order chi connectivity index (χ0) is 21.6. The van der Waals surface area contributed by atoms with Gasteiger partial charge in [-0.3, -0.25) is 4.79 Å². The molecule has 9 heteroatoms. The van der Waals surface area contributed by atoms with Gasteiger partial charge >= 0.3 is 0 Å². The largest absolute Gasteiger partial charge is 0.384 e. The summed E-state index contributed by atoms with van der Waals surface area (Å²) < 4.78 is 30.3. The van der Waals surface area contributed by atoms with Gasteiger partial charge in [-0.25, -0.2) is 13.4 Å². The van der Waals surface area contributed by atoms with Crippen molar-refractivity contribution < 1.29 is 13.2 Å². The zero-order valence-corrected chi connectivity index (χ0v) is 18.1. The number of hydrogen-bond donors (Lipinski definition) is 3. The van der Waals surface area contributed by atoms with Gasteiger partial charge < -0.3 is 11.1 Å². The SMILES string of the molecule is Nc1ccc2ccc(C[C@]3(NS(=O)(=O)c4cc5ccccc5s4)CCNC3=O)cc2n1. The molecule has 0 radical (unpaired) electrons. The molecule has 0 bridgehead atoms. The Bertz CT molecular complexity index is 1400. The second-order valence-corrected chi connectivity index (χ2v) is 10.7. The molecule has 2 aromatic heterocycles. The van der Waals surface area contributed by atoms with Crippen LogP contribution in [-0.4, -0.2) is 31.4 Å². The van der Waals surface area contributed by atoms with E-state index >= 15 is 0 Å². The maximum atomic E-state index is 13.2. The average Bonchev–Trinajstić information content (AvgIpc) is 3.32. The van der Waals surface area contributed by atoms with Gasteiger partial charge in [0.15, 0.2) is 0 Å². The topological polar surface area (TPSA) is 114 Å². The minimum absolute atomic E-state index is 0.195. The highest BCUT2D eigenvalue weighted by Gasteiger charge is 2.46. The summed E-state index contributed by atoms with van der Waals surface area (Å²) in [7, 11) is -3.89. The monoisotopic (exact) mass is 452 g/mol. The fourth-order valence-corrected chi connectivity index (χ4v) is 6.80. The van der Waals surface area contributed by atoms with Crippen LogP contribution in [0.3, 0.4) is 0 Å². The summed E-state index contributed by atoms with van der Waals surface area (Å²) >= 11 is 1.19. The number of benzene rings is 2. The molecule has 1 atom stereocenters. The Labute approximate surface area is 183 Å². The summed E-state index contributed by atoms with van der Waals surface area (Å²) in [4.78, 5) is 17.2. The number of nitrogens with zero attached hydrogens (tertiary/aromatic N) is 1. The van der Waals surface area contributed by atoms with Gasteiger partial charge in [0.05, 0.1) is 5.52 Å². The number of rotatable bonds is 5. The Hall–Kier alpha value is -3.01. The normalized spacial score (nSPS) is 19.2. The van der Waals surface area contributed by atoms with Crippen molar-refractivity contribution in [3.05, 3.63) is 66.2 Å². The van der Waals surface area contributed by atoms with Gasteiger partial charge in [-0.15, -0.1) is 11.3 Å². The molecule has 4 aromatic rings. The fraction of sp³-hybridized carbons (Fsp3) is 0.182. The van der Waals surface area contributed by atoms with Crippen LogP contribution in [0.25, 0.3) is 21.0 Å². The van der Waals surface area contributed by atoms with E-state index in [0.717, 1.165) is 21.0 Å². The molecular formula is C22H20N4O3S2. The maximum absolute atomic E-state index is 13.2. The number of nitrogens with one attached hydrogen (secondary N) is 2. The van der Waals surface area contributed by atoms with Crippen molar-refractivity contribution in [2.24, 2.45) is 0 Å². The van der Waals surface area contributed by atoms with Crippen LogP contribution in [-0.2, 0) is 21.2 Å². The van der Waals surface area contributed by atoms with E-state index in [0.29, 0.717) is 24.3 Å². The third-order valence-electron chi connectivity index (χ3n) is 5.55. The van der Waals surface area contributed by atoms with Crippen LogP contribution in [0.1, 0.15) is 12.0 Å². The van der Waals surface area contributed by atoms with Gasteiger partial charge in [-0.1, -0.05) is 30.3 Å². The Morgan fingerprint density at radius 3 is 2.68 bits per heavy atom. The molecule has 31 heavy (non-hydrogen) atoms. The van der Waals surface area contributed by atoms with Crippen molar-refractivity contribution in [1.82, 2.24) is 15.0 Å². The molecule has 1 amide bonds. The molecule has 0 saturated carbocycles. The molecule has 4 N–H and O–H groups in total. The lowest BCUT2D eigenvalue weighted by Crippen LogP contribution is -2.54. The number of pyridine rings is 1. The minimum atomic E-state index is -3.89. The van der Waals surface area contributed by atoms with Crippen LogP contribution in [0.5, 0.6) is 0 Å². The molecule has 1 fully saturated rings. The van der Waals surface area contributed by atoms with E-state index in [1.807, 2.05) is 48.5 Å². The molecule has 3 heterocycles. The zero-order valence-electron chi connectivity index (χ0n) is 16.5. The number of carbonyl (C=O) groups excluding carboxylic acids is 1. The van der Waals surface area contributed by atoms with E-state index in [2.05, 4.69) is 15.0 Å². The van der Waals surface area contributed by atoms with E-state index in [1.54, 1.807) is 12.1 Å². The lowest BCUT2D eigenvalue weighted by atomic mass is 9.90. The highest BCUT2D eigenvalue weighted by atomic mass is 32.2. The first-order chi connectivity index (χ1) is 14.8. The second kappa shape index (κ2) is 7.30. The van der Waals surface area contributed by atoms with Crippen LogP contribution in [0, 0.1) is 0 Å². The molecule has 1 saturated heterocycles. The highest BCUT2D eigenvalue weighted by molar-refractivity contribution is 7.91. The maximum Gasteiger partial charge on any atom is 0.251 e. The molecule has 2 aromatic carbocycles. The average molecular weight is 453 g/mol. The number of fused-ring (bicyclic) bond motifs is 2. The van der Waals surface area contributed by atoms with Crippen molar-refractivity contribution in [2.45, 2.75) is 22.6 Å². The Kier molecular flexibility index (Phi) is 4.69. The Morgan fingerprint density at radius 1 is 1.10 bits per heavy atom. The predicted octanol–water partition coefficient (Wildman–Crippen LogP) is 2.81. The highest BCUT2D eigenvalue weighted by Crippen LogP contribution is 2.32. The minimum Gasteiger partial charge on any atom is -0.384 e. The van der Waals surface area contributed by atoms with E-state index in [4.69, 9.17) is 5.73 Å². The number of nitrogen functional groups attached to an aromatic ring is 1. The summed E-state index contributed by atoms with van der Waals surface area (Å²) in [5.41, 5.74) is 6.05. The summed E-state index contributed by atoms with van der Waals surface area (Å²) in [5.74, 6) is 0.0845. The van der Waals surface area contributed by atoms with Gasteiger partial charge in [0, 0.05) is 23.1 Å². The molecule has 7 nitrogen and oxygen atoms in total. The van der Waals surface area contributed by atoms with Crippen molar-refractivity contribution in [3.63, 3.8) is 0 Å². The molecule has 0 unspecified atom stereocenters. The third-order valence-corrected chi connectivity index (χ3v) is 8.68. The summed E-state index contributed by atoms with van der Waals surface area (Å²) in [6.07, 6.45) is 0.577. The Morgan fingerprint density at radius 2 is 1.90 bits per heavy atom. The first kappa shape index (κ1) is 19.9. The van der Waals surface area contributed by atoms with E-state index < -0.39 is 15.6 Å². The quantitative estimate of drug-likeness (QED) is 0.431. The van der Waals surface area contributed by atoms with Gasteiger partial charge in [0.25, 0.3) is 10.0 Å². The number of aromatic nitrogens is 1. The van der Waals surface area contributed by atoms with E-state index in [9.17, 15) is 13.2 Å². The Balaban J connectivity index is 1.51. The van der Waals surface area contributed by atoms with Crippen LogP contribution in [0.2, 0.25) is 0 Å². The number of carbonyl (C=O) groups is 1. The van der Waals surface area contributed by atoms with Crippen molar-refractivity contribution in [1.29, 1.82) is 0 Å². The van der Waals surface area contributed by atoms with Crippen molar-refractivity contribution >= 4 is 54.1 Å². The number of hydrogen-bond acceptors (Lipinski definition) is 6. The fourth-order valence-electron chi connectivity index (χ4n) is 4.01.